The highest BCUT2D eigenvalue weighted by molar-refractivity contribution is 5.94. The number of aromatic nitrogens is 2. The minimum atomic E-state index is 0.0482. The molecule has 100 valence electrons. The Balaban J connectivity index is 2.21. The number of hydrogen-bond donors (Lipinski definition) is 1. The van der Waals surface area contributed by atoms with Crippen LogP contribution in [-0.2, 0) is 11.8 Å². The number of aryl methyl sites for hydroxylation is 1. The van der Waals surface area contributed by atoms with Crippen LogP contribution in [0.15, 0.2) is 36.5 Å². The Morgan fingerprint density at radius 2 is 2.05 bits per heavy atom. The number of carbonyl (C=O) groups is 1. The monoisotopic (exact) mass is 257 g/mol. The normalized spacial score (nSPS) is 10.4. The van der Waals surface area contributed by atoms with Gasteiger partial charge in [-0.3, -0.25) is 9.48 Å². The summed E-state index contributed by atoms with van der Waals surface area (Å²) in [6, 6.07) is 9.95. The first kappa shape index (κ1) is 13.3. The second-order valence-corrected chi connectivity index (χ2v) is 4.55. The number of unbranched alkanes of at least 4 members (excludes halogenated alkanes) is 1. The Morgan fingerprint density at radius 3 is 2.74 bits per heavy atom. The molecule has 0 radical (unpaired) electrons. The maximum absolute atomic E-state index is 11.8. The number of benzene rings is 1. The van der Waals surface area contributed by atoms with Gasteiger partial charge in [-0.1, -0.05) is 43.7 Å². The minimum Gasteiger partial charge on any atom is -0.323 e. The predicted molar refractivity (Wildman–Crippen MR) is 76.8 cm³/mol. The number of nitrogens with one attached hydrogen (secondary N) is 1. The molecule has 19 heavy (non-hydrogen) atoms. The standard InChI is InChI=1S/C15H19N3O/c1-3-4-10-14(19)17-13-11-16-18(2)15(13)12-8-6-5-7-9-12/h5-9,11H,3-4,10H2,1-2H3,(H,17,19). The van der Waals surface area contributed by atoms with E-state index < -0.39 is 0 Å². The molecule has 0 unspecified atom stereocenters. The number of hydrogen-bond acceptors (Lipinski definition) is 2. The molecule has 0 spiro atoms. The number of anilines is 1. The average Bonchev–Trinajstić information content (AvgIpc) is 2.78. The van der Waals surface area contributed by atoms with Crippen molar-refractivity contribution < 1.29 is 4.79 Å². The number of rotatable bonds is 5. The van der Waals surface area contributed by atoms with Crippen LogP contribution in [-0.4, -0.2) is 15.7 Å². The van der Waals surface area contributed by atoms with Crippen LogP contribution in [0.3, 0.4) is 0 Å². The molecule has 1 aromatic carbocycles. The number of amides is 1. The molecule has 1 amide bonds. The van der Waals surface area contributed by atoms with Crippen molar-refractivity contribution in [1.29, 1.82) is 0 Å². The van der Waals surface area contributed by atoms with Gasteiger partial charge in [0.1, 0.15) is 0 Å². The maximum atomic E-state index is 11.8. The number of nitrogens with zero attached hydrogens (tertiary/aromatic N) is 2. The van der Waals surface area contributed by atoms with Crippen molar-refractivity contribution in [3.8, 4) is 11.3 Å². The zero-order valence-corrected chi connectivity index (χ0v) is 11.4. The molecule has 0 fully saturated rings. The van der Waals surface area contributed by atoms with E-state index in [1.165, 1.54) is 0 Å². The van der Waals surface area contributed by atoms with Gasteiger partial charge in [0.25, 0.3) is 0 Å². The molecule has 0 atom stereocenters. The fourth-order valence-electron chi connectivity index (χ4n) is 2.02. The fraction of sp³-hybridized carbons (Fsp3) is 0.333. The van der Waals surface area contributed by atoms with Gasteiger partial charge < -0.3 is 5.32 Å². The van der Waals surface area contributed by atoms with E-state index in [4.69, 9.17) is 0 Å². The Bertz CT molecular complexity index is 546. The van der Waals surface area contributed by atoms with E-state index in [1.54, 1.807) is 10.9 Å². The molecule has 0 aliphatic carbocycles. The first-order valence-corrected chi connectivity index (χ1v) is 6.59. The molecule has 0 aliphatic heterocycles. The largest absolute Gasteiger partial charge is 0.323 e. The quantitative estimate of drug-likeness (QED) is 0.894. The van der Waals surface area contributed by atoms with Gasteiger partial charge in [0, 0.05) is 19.0 Å². The lowest BCUT2D eigenvalue weighted by Crippen LogP contribution is -2.11. The van der Waals surface area contributed by atoms with E-state index in [0.717, 1.165) is 29.8 Å². The molecule has 4 nitrogen and oxygen atoms in total. The summed E-state index contributed by atoms with van der Waals surface area (Å²) < 4.78 is 1.78. The summed E-state index contributed by atoms with van der Waals surface area (Å²) in [6.07, 6.45) is 4.19. The van der Waals surface area contributed by atoms with Gasteiger partial charge in [-0.05, 0) is 6.42 Å². The zero-order valence-electron chi connectivity index (χ0n) is 11.4. The molecule has 0 saturated heterocycles. The Kier molecular flexibility index (Phi) is 4.34. The molecule has 2 aromatic rings. The van der Waals surface area contributed by atoms with Crippen LogP contribution in [0.5, 0.6) is 0 Å². The molecule has 1 heterocycles. The highest BCUT2D eigenvalue weighted by atomic mass is 16.1. The van der Waals surface area contributed by atoms with Gasteiger partial charge in [0.15, 0.2) is 0 Å². The SMILES string of the molecule is CCCCC(=O)Nc1cnn(C)c1-c1ccccc1. The zero-order chi connectivity index (χ0) is 13.7. The number of carbonyl (C=O) groups excluding carboxylic acids is 1. The summed E-state index contributed by atoms with van der Waals surface area (Å²) in [6.45, 7) is 2.08. The van der Waals surface area contributed by atoms with Crippen molar-refractivity contribution in [2.45, 2.75) is 26.2 Å². The second-order valence-electron chi connectivity index (χ2n) is 4.55. The van der Waals surface area contributed by atoms with Crippen LogP contribution in [0.25, 0.3) is 11.3 Å². The van der Waals surface area contributed by atoms with E-state index in [-0.39, 0.29) is 5.91 Å². The predicted octanol–water partition coefficient (Wildman–Crippen LogP) is 3.22. The van der Waals surface area contributed by atoms with Crippen LogP contribution in [0.2, 0.25) is 0 Å². The average molecular weight is 257 g/mol. The van der Waals surface area contributed by atoms with Crippen LogP contribution >= 0.6 is 0 Å². The highest BCUT2D eigenvalue weighted by Gasteiger charge is 2.12. The lowest BCUT2D eigenvalue weighted by Gasteiger charge is -2.07. The third-order valence-corrected chi connectivity index (χ3v) is 3.02. The summed E-state index contributed by atoms with van der Waals surface area (Å²) in [7, 11) is 1.88. The molecule has 4 heteroatoms. The fourth-order valence-corrected chi connectivity index (χ4v) is 2.02. The summed E-state index contributed by atoms with van der Waals surface area (Å²) in [5.41, 5.74) is 2.76. The van der Waals surface area contributed by atoms with Gasteiger partial charge in [0.2, 0.25) is 5.91 Å². The van der Waals surface area contributed by atoms with Crippen LogP contribution in [0, 0.1) is 0 Å². The van der Waals surface area contributed by atoms with Crippen molar-refractivity contribution in [1.82, 2.24) is 9.78 Å². The van der Waals surface area contributed by atoms with Gasteiger partial charge in [-0.15, -0.1) is 0 Å². The van der Waals surface area contributed by atoms with Crippen LogP contribution < -0.4 is 5.32 Å². The molecule has 0 aliphatic rings. The lowest BCUT2D eigenvalue weighted by atomic mass is 10.1. The molecule has 0 saturated carbocycles. The van der Waals surface area contributed by atoms with Gasteiger partial charge in [0.05, 0.1) is 17.6 Å². The van der Waals surface area contributed by atoms with Gasteiger partial charge in [-0.25, -0.2) is 0 Å². The van der Waals surface area contributed by atoms with Crippen molar-refractivity contribution in [3.05, 3.63) is 36.5 Å². The van der Waals surface area contributed by atoms with Crippen molar-refractivity contribution in [2.75, 3.05) is 5.32 Å². The van der Waals surface area contributed by atoms with Crippen molar-refractivity contribution in [2.24, 2.45) is 7.05 Å². The topological polar surface area (TPSA) is 46.9 Å². The van der Waals surface area contributed by atoms with E-state index in [1.807, 2.05) is 37.4 Å². The van der Waals surface area contributed by atoms with E-state index >= 15 is 0 Å². The first-order valence-electron chi connectivity index (χ1n) is 6.59. The maximum Gasteiger partial charge on any atom is 0.224 e. The van der Waals surface area contributed by atoms with E-state index in [9.17, 15) is 4.79 Å². The van der Waals surface area contributed by atoms with E-state index in [2.05, 4.69) is 17.3 Å². The molecule has 1 N–H and O–H groups in total. The smallest absolute Gasteiger partial charge is 0.224 e. The molecular weight excluding hydrogens is 238 g/mol. The molecular formula is C15H19N3O. The van der Waals surface area contributed by atoms with Crippen molar-refractivity contribution >= 4 is 11.6 Å². The third-order valence-electron chi connectivity index (χ3n) is 3.02. The van der Waals surface area contributed by atoms with Crippen LogP contribution in [0.4, 0.5) is 5.69 Å². The molecule has 0 bridgehead atoms. The summed E-state index contributed by atoms with van der Waals surface area (Å²) >= 11 is 0. The van der Waals surface area contributed by atoms with Crippen LogP contribution in [0.1, 0.15) is 26.2 Å². The Labute approximate surface area is 113 Å². The first-order chi connectivity index (χ1) is 9.22. The van der Waals surface area contributed by atoms with Gasteiger partial charge in [-0.2, -0.15) is 5.10 Å². The Morgan fingerprint density at radius 1 is 1.32 bits per heavy atom. The Hall–Kier alpha value is -2.10. The lowest BCUT2D eigenvalue weighted by molar-refractivity contribution is -0.116. The second kappa shape index (κ2) is 6.18. The highest BCUT2D eigenvalue weighted by Crippen LogP contribution is 2.27. The molecule has 1 aromatic heterocycles. The summed E-state index contributed by atoms with van der Waals surface area (Å²) in [5.74, 6) is 0.0482. The summed E-state index contributed by atoms with van der Waals surface area (Å²) in [5, 5.41) is 7.17. The third kappa shape index (κ3) is 3.22. The van der Waals surface area contributed by atoms with E-state index in [0.29, 0.717) is 6.42 Å². The minimum absolute atomic E-state index is 0.0482. The summed E-state index contributed by atoms with van der Waals surface area (Å²) in [4.78, 5) is 11.8. The van der Waals surface area contributed by atoms with Crippen molar-refractivity contribution in [3.63, 3.8) is 0 Å². The molecule has 2 rings (SSSR count). The van der Waals surface area contributed by atoms with Gasteiger partial charge >= 0.3 is 0 Å².